The van der Waals surface area contributed by atoms with Gasteiger partial charge in [-0.25, -0.2) is 9.97 Å². The topological polar surface area (TPSA) is 90.7 Å². The molecule has 17 heavy (non-hydrogen) atoms. The highest BCUT2D eigenvalue weighted by Crippen LogP contribution is 2.44. The summed E-state index contributed by atoms with van der Waals surface area (Å²) in [6, 6.07) is 5.70. The summed E-state index contributed by atoms with van der Waals surface area (Å²) in [4.78, 5) is 13.4. The van der Waals surface area contributed by atoms with E-state index in [0.717, 1.165) is 16.3 Å². The minimum Gasteiger partial charge on any atom is -0.383 e. The lowest BCUT2D eigenvalue weighted by atomic mass is 9.94. The lowest BCUT2D eigenvalue weighted by Gasteiger charge is -2.22. The Kier molecular flexibility index (Phi) is 2.27. The van der Waals surface area contributed by atoms with Gasteiger partial charge in [0.05, 0.1) is 16.3 Å². The van der Waals surface area contributed by atoms with E-state index in [1.54, 1.807) is 18.0 Å². The number of nitrogens with zero attached hydrogens (tertiary/aromatic N) is 3. The first-order valence-electron chi connectivity index (χ1n) is 5.16. The van der Waals surface area contributed by atoms with E-state index in [2.05, 4.69) is 15.0 Å². The van der Waals surface area contributed by atoms with Gasteiger partial charge < -0.3 is 11.5 Å². The fourth-order valence-electron chi connectivity index (χ4n) is 1.92. The molecule has 0 fully saturated rings. The molecule has 4 N–H and O–H groups in total. The van der Waals surface area contributed by atoms with E-state index in [0.29, 0.717) is 11.6 Å². The van der Waals surface area contributed by atoms with Crippen LogP contribution in [0.3, 0.4) is 0 Å². The number of anilines is 1. The van der Waals surface area contributed by atoms with Crippen molar-refractivity contribution in [2.75, 3.05) is 11.5 Å². The minimum atomic E-state index is -0.668. The first kappa shape index (κ1) is 10.5. The second kappa shape index (κ2) is 3.68. The van der Waals surface area contributed by atoms with Crippen molar-refractivity contribution in [1.82, 2.24) is 15.0 Å². The molecule has 1 aliphatic rings. The number of pyridine rings is 1. The van der Waals surface area contributed by atoms with Gasteiger partial charge in [-0.05, 0) is 12.1 Å². The molecule has 3 heterocycles. The molecule has 0 spiro atoms. The molecule has 0 saturated heterocycles. The SMILES string of the molecule is Nc1ncnc2c1SCC2(N)c1ccccn1. The quantitative estimate of drug-likeness (QED) is 0.771. The summed E-state index contributed by atoms with van der Waals surface area (Å²) >= 11 is 1.58. The van der Waals surface area contributed by atoms with Gasteiger partial charge in [0.15, 0.2) is 0 Å². The average molecular weight is 245 g/mol. The van der Waals surface area contributed by atoms with E-state index in [1.165, 1.54) is 6.33 Å². The highest BCUT2D eigenvalue weighted by Gasteiger charge is 2.41. The smallest absolute Gasteiger partial charge is 0.140 e. The van der Waals surface area contributed by atoms with E-state index in [1.807, 2.05) is 18.2 Å². The van der Waals surface area contributed by atoms with Gasteiger partial charge in [0, 0.05) is 11.9 Å². The molecule has 1 atom stereocenters. The van der Waals surface area contributed by atoms with Crippen LogP contribution < -0.4 is 11.5 Å². The second-order valence-electron chi connectivity index (χ2n) is 3.91. The van der Waals surface area contributed by atoms with Crippen molar-refractivity contribution in [3.8, 4) is 0 Å². The number of fused-ring (bicyclic) bond motifs is 1. The molecule has 2 aromatic heterocycles. The molecule has 0 radical (unpaired) electrons. The van der Waals surface area contributed by atoms with E-state index >= 15 is 0 Å². The normalized spacial score (nSPS) is 22.4. The van der Waals surface area contributed by atoms with Gasteiger partial charge in [0.25, 0.3) is 0 Å². The average Bonchev–Trinajstić information content (AvgIpc) is 2.72. The van der Waals surface area contributed by atoms with Crippen molar-refractivity contribution in [2.24, 2.45) is 5.73 Å². The molecule has 0 saturated carbocycles. The Morgan fingerprint density at radius 1 is 1.24 bits per heavy atom. The molecule has 6 heteroatoms. The molecular weight excluding hydrogens is 234 g/mol. The molecule has 86 valence electrons. The summed E-state index contributed by atoms with van der Waals surface area (Å²) in [7, 11) is 0. The third kappa shape index (κ3) is 1.49. The highest BCUT2D eigenvalue weighted by atomic mass is 32.2. The maximum absolute atomic E-state index is 6.43. The van der Waals surface area contributed by atoms with E-state index in [9.17, 15) is 0 Å². The van der Waals surface area contributed by atoms with Gasteiger partial charge >= 0.3 is 0 Å². The van der Waals surface area contributed by atoms with Crippen LogP contribution in [0.25, 0.3) is 0 Å². The van der Waals surface area contributed by atoms with Crippen LogP contribution in [0.15, 0.2) is 35.6 Å². The Hall–Kier alpha value is -1.66. The van der Waals surface area contributed by atoms with E-state index in [4.69, 9.17) is 11.5 Å². The fourth-order valence-corrected chi connectivity index (χ4v) is 3.15. The third-order valence-electron chi connectivity index (χ3n) is 2.82. The molecule has 0 amide bonds. The summed E-state index contributed by atoms with van der Waals surface area (Å²) in [5.74, 6) is 1.17. The zero-order valence-electron chi connectivity index (χ0n) is 9.00. The molecule has 1 aliphatic heterocycles. The van der Waals surface area contributed by atoms with Crippen LogP contribution in [0.2, 0.25) is 0 Å². The zero-order chi connectivity index (χ0) is 11.9. The molecular formula is C11H11N5S. The predicted molar refractivity (Wildman–Crippen MR) is 66.4 cm³/mol. The fraction of sp³-hybridized carbons (Fsp3) is 0.182. The zero-order valence-corrected chi connectivity index (χ0v) is 9.81. The van der Waals surface area contributed by atoms with Crippen LogP contribution in [-0.4, -0.2) is 20.7 Å². The number of hydrogen-bond donors (Lipinski definition) is 2. The Labute approximate surface area is 103 Å². The molecule has 2 aromatic rings. The van der Waals surface area contributed by atoms with Gasteiger partial charge in [-0.2, -0.15) is 0 Å². The minimum absolute atomic E-state index is 0.489. The number of rotatable bonds is 1. The second-order valence-corrected chi connectivity index (χ2v) is 4.90. The highest BCUT2D eigenvalue weighted by molar-refractivity contribution is 7.99. The number of hydrogen-bond acceptors (Lipinski definition) is 6. The van der Waals surface area contributed by atoms with E-state index in [-0.39, 0.29) is 0 Å². The van der Waals surface area contributed by atoms with Crippen molar-refractivity contribution in [1.29, 1.82) is 0 Å². The Balaban J connectivity index is 2.18. The van der Waals surface area contributed by atoms with Crippen LogP contribution in [0.5, 0.6) is 0 Å². The summed E-state index contributed by atoms with van der Waals surface area (Å²) in [5.41, 5.74) is 13.2. The summed E-state index contributed by atoms with van der Waals surface area (Å²) < 4.78 is 0. The molecule has 3 rings (SSSR count). The maximum atomic E-state index is 6.43. The van der Waals surface area contributed by atoms with Crippen LogP contribution >= 0.6 is 11.8 Å². The Morgan fingerprint density at radius 2 is 2.12 bits per heavy atom. The maximum Gasteiger partial charge on any atom is 0.140 e. The van der Waals surface area contributed by atoms with Crippen LogP contribution in [0.1, 0.15) is 11.4 Å². The molecule has 0 aromatic carbocycles. The Bertz CT molecular complexity index is 559. The summed E-state index contributed by atoms with van der Waals surface area (Å²) in [6.45, 7) is 0. The predicted octanol–water partition coefficient (Wildman–Crippen LogP) is 0.762. The number of aromatic nitrogens is 3. The number of thioether (sulfide) groups is 1. The molecule has 1 unspecified atom stereocenters. The molecule has 0 aliphatic carbocycles. The first-order chi connectivity index (χ1) is 8.22. The van der Waals surface area contributed by atoms with Crippen molar-refractivity contribution < 1.29 is 0 Å². The van der Waals surface area contributed by atoms with Crippen LogP contribution in [0, 0.1) is 0 Å². The lowest BCUT2D eigenvalue weighted by molar-refractivity contribution is 0.572. The van der Waals surface area contributed by atoms with Gasteiger partial charge in [-0.15, -0.1) is 11.8 Å². The van der Waals surface area contributed by atoms with Crippen molar-refractivity contribution >= 4 is 17.6 Å². The van der Waals surface area contributed by atoms with Gasteiger partial charge in [0.1, 0.15) is 17.7 Å². The standard InChI is InChI=1S/C11H11N5S/c12-10-8-9(15-6-16-10)11(13,5-17-8)7-3-1-2-4-14-7/h1-4,6H,5,13H2,(H2,12,15,16). The molecule has 5 nitrogen and oxygen atoms in total. The van der Waals surface area contributed by atoms with E-state index < -0.39 is 5.54 Å². The Morgan fingerprint density at radius 3 is 2.88 bits per heavy atom. The first-order valence-corrected chi connectivity index (χ1v) is 6.14. The van der Waals surface area contributed by atoms with Gasteiger partial charge in [-0.1, -0.05) is 6.07 Å². The summed E-state index contributed by atoms with van der Waals surface area (Å²) in [5, 5.41) is 0. The number of nitrogens with two attached hydrogens (primary N) is 2. The van der Waals surface area contributed by atoms with Gasteiger partial charge in [0.2, 0.25) is 0 Å². The van der Waals surface area contributed by atoms with Gasteiger partial charge in [-0.3, -0.25) is 4.98 Å². The molecule has 0 bridgehead atoms. The monoisotopic (exact) mass is 245 g/mol. The van der Waals surface area contributed by atoms with Crippen molar-refractivity contribution in [2.45, 2.75) is 10.4 Å². The lowest BCUT2D eigenvalue weighted by Crippen LogP contribution is -2.39. The third-order valence-corrected chi connectivity index (χ3v) is 4.11. The summed E-state index contributed by atoms with van der Waals surface area (Å²) in [6.07, 6.45) is 3.18. The van der Waals surface area contributed by atoms with Crippen molar-refractivity contribution in [3.63, 3.8) is 0 Å². The van der Waals surface area contributed by atoms with Crippen molar-refractivity contribution in [3.05, 3.63) is 42.1 Å². The van der Waals surface area contributed by atoms with Crippen LogP contribution in [-0.2, 0) is 5.54 Å². The largest absolute Gasteiger partial charge is 0.383 e. The van der Waals surface area contributed by atoms with Crippen LogP contribution in [0.4, 0.5) is 5.82 Å². The number of nitrogen functional groups attached to an aromatic ring is 1.